The SMILES string of the molecule is CCCC[C@H](C(=O)N[C@@H](CO)c1ccccc1)c1ccc(Cc2c3ccccc3n3c(C)cc(C)nc23)cc1. The van der Waals surface area contributed by atoms with Crippen molar-refractivity contribution in [2.24, 2.45) is 0 Å². The van der Waals surface area contributed by atoms with E-state index in [-0.39, 0.29) is 18.4 Å². The Hall–Kier alpha value is -3.96. The van der Waals surface area contributed by atoms with Gasteiger partial charge >= 0.3 is 0 Å². The van der Waals surface area contributed by atoms with Crippen molar-refractivity contribution in [3.63, 3.8) is 0 Å². The van der Waals surface area contributed by atoms with Gasteiger partial charge in [0, 0.05) is 28.8 Å². The number of rotatable bonds is 10. The summed E-state index contributed by atoms with van der Waals surface area (Å²) in [7, 11) is 0. The van der Waals surface area contributed by atoms with E-state index >= 15 is 0 Å². The van der Waals surface area contributed by atoms with Crippen LogP contribution < -0.4 is 5.32 Å². The third-order valence-electron chi connectivity index (χ3n) is 7.63. The minimum Gasteiger partial charge on any atom is -0.394 e. The molecule has 39 heavy (non-hydrogen) atoms. The number of hydrogen-bond acceptors (Lipinski definition) is 3. The number of aromatic nitrogens is 2. The van der Waals surface area contributed by atoms with Gasteiger partial charge in [-0.1, -0.05) is 92.6 Å². The fourth-order valence-electron chi connectivity index (χ4n) is 5.63. The molecule has 5 nitrogen and oxygen atoms in total. The monoisotopic (exact) mass is 519 g/mol. The van der Waals surface area contributed by atoms with Crippen molar-refractivity contribution in [1.82, 2.24) is 14.7 Å². The molecule has 2 atom stereocenters. The van der Waals surface area contributed by atoms with E-state index in [4.69, 9.17) is 4.98 Å². The minimum atomic E-state index is -0.419. The lowest BCUT2D eigenvalue weighted by Gasteiger charge is -2.22. The number of aliphatic hydroxyl groups is 1. The van der Waals surface area contributed by atoms with Gasteiger partial charge in [0.25, 0.3) is 0 Å². The molecule has 0 radical (unpaired) electrons. The Morgan fingerprint density at radius 2 is 1.67 bits per heavy atom. The van der Waals surface area contributed by atoms with Crippen LogP contribution in [-0.4, -0.2) is 27.0 Å². The van der Waals surface area contributed by atoms with Crippen LogP contribution in [0.1, 0.15) is 71.8 Å². The highest BCUT2D eigenvalue weighted by Crippen LogP contribution is 2.30. The van der Waals surface area contributed by atoms with E-state index in [2.05, 4.69) is 78.2 Å². The summed E-state index contributed by atoms with van der Waals surface area (Å²) >= 11 is 0. The molecule has 0 aliphatic rings. The van der Waals surface area contributed by atoms with E-state index in [9.17, 15) is 9.90 Å². The third-order valence-corrected chi connectivity index (χ3v) is 7.63. The second-order valence-corrected chi connectivity index (χ2v) is 10.5. The van der Waals surface area contributed by atoms with Gasteiger partial charge in [0.2, 0.25) is 5.91 Å². The number of aryl methyl sites for hydroxylation is 2. The fourth-order valence-corrected chi connectivity index (χ4v) is 5.63. The number of nitrogens with zero attached hydrogens (tertiary/aromatic N) is 2. The molecule has 0 fully saturated rings. The predicted octanol–water partition coefficient (Wildman–Crippen LogP) is 6.82. The maximum absolute atomic E-state index is 13.5. The van der Waals surface area contributed by atoms with Crippen molar-refractivity contribution in [2.45, 2.75) is 58.4 Å². The molecule has 0 aliphatic heterocycles. The molecule has 2 aromatic heterocycles. The summed E-state index contributed by atoms with van der Waals surface area (Å²) in [4.78, 5) is 18.4. The summed E-state index contributed by atoms with van der Waals surface area (Å²) in [5, 5.41) is 14.3. The first-order chi connectivity index (χ1) is 19.0. The first kappa shape index (κ1) is 26.6. The fraction of sp³-hybridized carbons (Fsp3) is 0.294. The average molecular weight is 520 g/mol. The topological polar surface area (TPSA) is 66.6 Å². The van der Waals surface area contributed by atoms with Crippen LogP contribution in [0.5, 0.6) is 0 Å². The summed E-state index contributed by atoms with van der Waals surface area (Å²) in [6.45, 7) is 6.18. The largest absolute Gasteiger partial charge is 0.394 e. The lowest BCUT2D eigenvalue weighted by Crippen LogP contribution is -2.34. The number of benzene rings is 3. The van der Waals surface area contributed by atoms with Crippen molar-refractivity contribution in [1.29, 1.82) is 0 Å². The summed E-state index contributed by atoms with van der Waals surface area (Å²) in [6.07, 6.45) is 3.51. The molecule has 2 heterocycles. The third kappa shape index (κ3) is 5.59. The Morgan fingerprint density at radius 1 is 0.949 bits per heavy atom. The lowest BCUT2D eigenvalue weighted by molar-refractivity contribution is -0.123. The Bertz CT molecular complexity index is 1570. The molecule has 0 saturated carbocycles. The number of unbranched alkanes of at least 4 members (excludes halogenated alkanes) is 1. The number of fused-ring (bicyclic) bond motifs is 3. The normalized spacial score (nSPS) is 13.0. The second kappa shape index (κ2) is 11.8. The van der Waals surface area contributed by atoms with Crippen molar-refractivity contribution in [3.8, 4) is 0 Å². The maximum Gasteiger partial charge on any atom is 0.228 e. The standard InChI is InChI=1S/C34H37N3O2/c1-4-5-13-28(34(39)36-31(22-38)27-11-7-6-8-12-27)26-18-16-25(17-19-26)21-30-29-14-9-10-15-32(29)37-24(3)20-23(2)35-33(30)37/h6-12,14-20,28,31,38H,4-5,13,21-22H2,1-3H3,(H,36,39)/t28-,31-/m0/s1. The van der Waals surface area contributed by atoms with Crippen molar-refractivity contribution < 1.29 is 9.90 Å². The average Bonchev–Trinajstić information content (AvgIpc) is 3.26. The van der Waals surface area contributed by atoms with E-state index in [0.717, 1.165) is 48.2 Å². The number of amides is 1. The number of carbonyl (C=O) groups is 1. The second-order valence-electron chi connectivity index (χ2n) is 10.5. The van der Waals surface area contributed by atoms with E-state index in [0.29, 0.717) is 0 Å². The van der Waals surface area contributed by atoms with Crippen molar-refractivity contribution >= 4 is 22.5 Å². The van der Waals surface area contributed by atoms with Crippen LogP contribution >= 0.6 is 0 Å². The zero-order chi connectivity index (χ0) is 27.4. The first-order valence-corrected chi connectivity index (χ1v) is 13.9. The van der Waals surface area contributed by atoms with Gasteiger partial charge in [0.1, 0.15) is 5.65 Å². The van der Waals surface area contributed by atoms with Gasteiger partial charge in [-0.2, -0.15) is 0 Å². The lowest BCUT2D eigenvalue weighted by atomic mass is 9.90. The molecule has 0 spiro atoms. The van der Waals surface area contributed by atoms with Crippen LogP contribution in [0.15, 0.2) is 84.9 Å². The zero-order valence-electron chi connectivity index (χ0n) is 23.0. The minimum absolute atomic E-state index is 0.0429. The summed E-state index contributed by atoms with van der Waals surface area (Å²) in [6, 6.07) is 28.3. The number of aliphatic hydroxyl groups excluding tert-OH is 1. The Balaban J connectivity index is 1.42. The van der Waals surface area contributed by atoms with Gasteiger partial charge < -0.3 is 10.4 Å². The van der Waals surface area contributed by atoms with Crippen LogP contribution in [-0.2, 0) is 11.2 Å². The molecule has 1 amide bonds. The molecule has 5 heteroatoms. The summed E-state index contributed by atoms with van der Waals surface area (Å²) < 4.78 is 2.25. The van der Waals surface area contributed by atoms with Crippen LogP contribution in [0.4, 0.5) is 0 Å². The van der Waals surface area contributed by atoms with Crippen LogP contribution in [0, 0.1) is 13.8 Å². The molecule has 2 N–H and O–H groups in total. The van der Waals surface area contributed by atoms with Gasteiger partial charge in [0.05, 0.1) is 24.1 Å². The highest BCUT2D eigenvalue weighted by atomic mass is 16.3. The molecule has 0 bridgehead atoms. The number of para-hydroxylation sites is 1. The molecule has 0 saturated heterocycles. The Labute approximate surface area is 230 Å². The highest BCUT2D eigenvalue weighted by molar-refractivity contribution is 5.91. The Kier molecular flexibility index (Phi) is 8.08. The van der Waals surface area contributed by atoms with Crippen LogP contribution in [0.25, 0.3) is 16.6 Å². The summed E-state index contributed by atoms with van der Waals surface area (Å²) in [5.74, 6) is -0.307. The highest BCUT2D eigenvalue weighted by Gasteiger charge is 2.24. The van der Waals surface area contributed by atoms with Gasteiger partial charge in [0.15, 0.2) is 0 Å². The van der Waals surface area contributed by atoms with E-state index in [1.54, 1.807) is 0 Å². The Morgan fingerprint density at radius 3 is 2.38 bits per heavy atom. The van der Waals surface area contributed by atoms with Crippen molar-refractivity contribution in [2.75, 3.05) is 6.61 Å². The molecule has 5 rings (SSSR count). The van der Waals surface area contributed by atoms with E-state index < -0.39 is 6.04 Å². The van der Waals surface area contributed by atoms with Gasteiger partial charge in [-0.15, -0.1) is 0 Å². The number of carbonyl (C=O) groups excluding carboxylic acids is 1. The molecule has 0 aliphatic carbocycles. The number of nitrogens with one attached hydrogen (secondary N) is 1. The summed E-state index contributed by atoms with van der Waals surface area (Å²) in [5.41, 5.74) is 8.70. The molecule has 5 aromatic rings. The van der Waals surface area contributed by atoms with Gasteiger partial charge in [-0.25, -0.2) is 4.98 Å². The van der Waals surface area contributed by atoms with Crippen molar-refractivity contribution in [3.05, 3.63) is 119 Å². The van der Waals surface area contributed by atoms with Crippen LogP contribution in [0.3, 0.4) is 0 Å². The van der Waals surface area contributed by atoms with E-state index in [1.807, 2.05) is 37.3 Å². The zero-order valence-corrected chi connectivity index (χ0v) is 23.0. The van der Waals surface area contributed by atoms with Gasteiger partial charge in [-0.05, 0) is 49.1 Å². The number of hydrogen-bond donors (Lipinski definition) is 2. The molecule has 0 unspecified atom stereocenters. The molecule has 200 valence electrons. The van der Waals surface area contributed by atoms with Crippen LogP contribution in [0.2, 0.25) is 0 Å². The maximum atomic E-state index is 13.5. The first-order valence-electron chi connectivity index (χ1n) is 13.9. The molecular formula is C34H37N3O2. The molecule has 3 aromatic carbocycles. The predicted molar refractivity (Wildman–Crippen MR) is 158 cm³/mol. The quantitative estimate of drug-likeness (QED) is 0.213. The van der Waals surface area contributed by atoms with E-state index in [1.165, 1.54) is 27.7 Å². The molecular weight excluding hydrogens is 482 g/mol. The van der Waals surface area contributed by atoms with Gasteiger partial charge in [-0.3, -0.25) is 9.20 Å². The smallest absolute Gasteiger partial charge is 0.228 e.